The van der Waals surface area contributed by atoms with Crippen LogP contribution >= 0.6 is 11.3 Å². The normalized spacial score (nSPS) is 27.9. The lowest BCUT2D eigenvalue weighted by Crippen LogP contribution is -2.31. The summed E-state index contributed by atoms with van der Waals surface area (Å²) in [5.74, 6) is 2.50. The van der Waals surface area contributed by atoms with Gasteiger partial charge in [0.05, 0.1) is 6.04 Å². The minimum atomic E-state index is 0.412. The van der Waals surface area contributed by atoms with Gasteiger partial charge >= 0.3 is 0 Å². The minimum Gasteiger partial charge on any atom is -0.308 e. The molecule has 2 atom stereocenters. The lowest BCUT2D eigenvalue weighted by molar-refractivity contribution is 0.297. The molecule has 1 aliphatic carbocycles. The zero-order valence-corrected chi connectivity index (χ0v) is 12.7. The van der Waals surface area contributed by atoms with Crippen LogP contribution in [-0.2, 0) is 0 Å². The third-order valence-corrected chi connectivity index (χ3v) is 5.90. The summed E-state index contributed by atoms with van der Waals surface area (Å²) in [6.45, 7) is 3.40. The molecule has 108 valence electrons. The summed E-state index contributed by atoms with van der Waals surface area (Å²) in [7, 11) is 0. The fourth-order valence-electron chi connectivity index (χ4n) is 3.26. The van der Waals surface area contributed by atoms with Crippen LogP contribution in [0.15, 0.2) is 0 Å². The van der Waals surface area contributed by atoms with E-state index in [0.29, 0.717) is 12.0 Å². The molecule has 3 heterocycles. The molecule has 2 unspecified atom stereocenters. The maximum atomic E-state index is 4.82. The van der Waals surface area contributed by atoms with Gasteiger partial charge in [0.2, 0.25) is 4.96 Å². The summed E-state index contributed by atoms with van der Waals surface area (Å²) in [6, 6.07) is 0.412. The maximum Gasteiger partial charge on any atom is 0.234 e. The Labute approximate surface area is 122 Å². The lowest BCUT2D eigenvalue weighted by atomic mass is 9.85. The standard InChI is InChI=1S/C14H21N5S/c1-2-9-6-7-15-11(8-9)13-18-19-12(10-4-3-5-10)16-17-14(19)20-13/h9-11,15H,2-8H2,1H3. The number of hydrogen-bond acceptors (Lipinski definition) is 5. The van der Waals surface area contributed by atoms with E-state index < -0.39 is 0 Å². The summed E-state index contributed by atoms with van der Waals surface area (Å²) >= 11 is 1.70. The average molecular weight is 291 g/mol. The first-order valence-electron chi connectivity index (χ1n) is 7.80. The van der Waals surface area contributed by atoms with Gasteiger partial charge in [-0.1, -0.05) is 31.1 Å². The maximum absolute atomic E-state index is 4.82. The van der Waals surface area contributed by atoms with E-state index >= 15 is 0 Å². The van der Waals surface area contributed by atoms with Gasteiger partial charge in [-0.15, -0.1) is 10.2 Å². The lowest BCUT2D eigenvalue weighted by Gasteiger charge is -2.28. The Hall–Kier alpha value is -1.01. The monoisotopic (exact) mass is 291 g/mol. The molecule has 2 aliphatic rings. The molecule has 0 spiro atoms. The van der Waals surface area contributed by atoms with Gasteiger partial charge in [-0.2, -0.15) is 9.61 Å². The molecule has 5 nitrogen and oxygen atoms in total. The average Bonchev–Trinajstić information content (AvgIpc) is 2.99. The summed E-state index contributed by atoms with van der Waals surface area (Å²) in [6.07, 6.45) is 7.58. The van der Waals surface area contributed by atoms with E-state index in [2.05, 4.69) is 22.4 Å². The molecule has 20 heavy (non-hydrogen) atoms. The first-order valence-corrected chi connectivity index (χ1v) is 8.62. The van der Waals surface area contributed by atoms with Crippen LogP contribution in [0, 0.1) is 5.92 Å². The predicted molar refractivity (Wildman–Crippen MR) is 79.0 cm³/mol. The Morgan fingerprint density at radius 3 is 2.95 bits per heavy atom. The molecule has 4 rings (SSSR count). The van der Waals surface area contributed by atoms with Crippen LogP contribution in [0.3, 0.4) is 0 Å². The highest BCUT2D eigenvalue weighted by molar-refractivity contribution is 7.16. The molecule has 6 heteroatoms. The zero-order valence-electron chi connectivity index (χ0n) is 11.9. The van der Waals surface area contributed by atoms with Crippen LogP contribution in [0.1, 0.15) is 68.2 Å². The number of piperidine rings is 1. The molecule has 2 fully saturated rings. The third-order valence-electron chi connectivity index (χ3n) is 4.89. The molecule has 0 aromatic carbocycles. The van der Waals surface area contributed by atoms with Crippen molar-refractivity contribution < 1.29 is 0 Å². The predicted octanol–water partition coefficient (Wildman–Crippen LogP) is 2.90. The summed E-state index contributed by atoms with van der Waals surface area (Å²) in [4.78, 5) is 0.960. The van der Waals surface area contributed by atoms with E-state index in [0.717, 1.165) is 23.2 Å². The second kappa shape index (κ2) is 5.07. The van der Waals surface area contributed by atoms with Crippen molar-refractivity contribution >= 4 is 16.3 Å². The summed E-state index contributed by atoms with van der Waals surface area (Å²) < 4.78 is 2.00. The highest BCUT2D eigenvalue weighted by Gasteiger charge is 2.29. The van der Waals surface area contributed by atoms with Crippen molar-refractivity contribution in [1.29, 1.82) is 0 Å². The van der Waals surface area contributed by atoms with E-state index in [-0.39, 0.29) is 0 Å². The van der Waals surface area contributed by atoms with Crippen LogP contribution in [0.4, 0.5) is 0 Å². The molecular weight excluding hydrogens is 270 g/mol. The molecule has 1 saturated carbocycles. The number of nitrogens with one attached hydrogen (secondary N) is 1. The minimum absolute atomic E-state index is 0.412. The van der Waals surface area contributed by atoms with Crippen LogP contribution in [0.25, 0.3) is 4.96 Å². The molecule has 1 aliphatic heterocycles. The van der Waals surface area contributed by atoms with Crippen molar-refractivity contribution in [1.82, 2.24) is 25.1 Å². The number of aromatic nitrogens is 4. The largest absolute Gasteiger partial charge is 0.308 e. The van der Waals surface area contributed by atoms with Crippen molar-refractivity contribution in [2.75, 3.05) is 6.54 Å². The van der Waals surface area contributed by atoms with Gasteiger partial charge in [0, 0.05) is 5.92 Å². The topological polar surface area (TPSA) is 55.1 Å². The van der Waals surface area contributed by atoms with Crippen molar-refractivity contribution in [3.63, 3.8) is 0 Å². The fraction of sp³-hybridized carbons (Fsp3) is 0.786. The van der Waals surface area contributed by atoms with Gasteiger partial charge in [0.25, 0.3) is 0 Å². The van der Waals surface area contributed by atoms with Gasteiger partial charge in [0.15, 0.2) is 5.82 Å². The Balaban J connectivity index is 1.62. The number of hydrogen-bond donors (Lipinski definition) is 1. The quantitative estimate of drug-likeness (QED) is 0.944. The first kappa shape index (κ1) is 12.7. The SMILES string of the molecule is CCC1CCNC(c2nn3c(C4CCC4)nnc3s2)C1. The van der Waals surface area contributed by atoms with E-state index in [1.54, 1.807) is 11.3 Å². The smallest absolute Gasteiger partial charge is 0.234 e. The number of nitrogens with zero attached hydrogens (tertiary/aromatic N) is 4. The van der Waals surface area contributed by atoms with Gasteiger partial charge < -0.3 is 5.32 Å². The zero-order chi connectivity index (χ0) is 13.5. The molecule has 2 aromatic heterocycles. The van der Waals surface area contributed by atoms with E-state index in [1.807, 2.05) is 4.52 Å². The second-order valence-electron chi connectivity index (χ2n) is 6.13. The van der Waals surface area contributed by atoms with E-state index in [4.69, 9.17) is 5.10 Å². The van der Waals surface area contributed by atoms with Gasteiger partial charge in [-0.25, -0.2) is 0 Å². The third kappa shape index (κ3) is 2.05. The summed E-state index contributed by atoms with van der Waals surface area (Å²) in [5.41, 5.74) is 0. The number of fused-ring (bicyclic) bond motifs is 1. The van der Waals surface area contributed by atoms with Crippen LogP contribution in [0.2, 0.25) is 0 Å². The van der Waals surface area contributed by atoms with Crippen molar-refractivity contribution in [3.8, 4) is 0 Å². The second-order valence-corrected chi connectivity index (χ2v) is 7.11. The Morgan fingerprint density at radius 1 is 1.30 bits per heavy atom. The van der Waals surface area contributed by atoms with Crippen LogP contribution < -0.4 is 5.32 Å². The van der Waals surface area contributed by atoms with Gasteiger partial charge in [-0.3, -0.25) is 0 Å². The Morgan fingerprint density at radius 2 is 2.20 bits per heavy atom. The molecule has 0 amide bonds. The molecule has 0 bridgehead atoms. The molecule has 1 N–H and O–H groups in total. The van der Waals surface area contributed by atoms with Gasteiger partial charge in [-0.05, 0) is 38.1 Å². The van der Waals surface area contributed by atoms with Crippen molar-refractivity contribution in [2.45, 2.75) is 57.4 Å². The van der Waals surface area contributed by atoms with Crippen molar-refractivity contribution in [3.05, 3.63) is 10.8 Å². The highest BCUT2D eigenvalue weighted by atomic mass is 32.1. The summed E-state index contributed by atoms with van der Waals surface area (Å²) in [5, 5.41) is 18.3. The molecule has 1 saturated heterocycles. The first-order chi connectivity index (χ1) is 9.85. The van der Waals surface area contributed by atoms with Crippen molar-refractivity contribution in [2.24, 2.45) is 5.92 Å². The number of rotatable bonds is 3. The van der Waals surface area contributed by atoms with E-state index in [1.165, 1.54) is 43.5 Å². The fourth-order valence-corrected chi connectivity index (χ4v) is 4.20. The Kier molecular flexibility index (Phi) is 3.22. The molecular formula is C14H21N5S. The Bertz CT molecular complexity index is 600. The van der Waals surface area contributed by atoms with Crippen LogP contribution in [0.5, 0.6) is 0 Å². The van der Waals surface area contributed by atoms with E-state index in [9.17, 15) is 0 Å². The highest BCUT2D eigenvalue weighted by Crippen LogP contribution is 2.37. The van der Waals surface area contributed by atoms with Crippen LogP contribution in [-0.4, -0.2) is 26.4 Å². The van der Waals surface area contributed by atoms with Gasteiger partial charge in [0.1, 0.15) is 5.01 Å². The molecule has 0 radical (unpaired) electrons. The molecule has 2 aromatic rings.